The van der Waals surface area contributed by atoms with Gasteiger partial charge in [0.1, 0.15) is 6.29 Å². The molecule has 0 aromatic heterocycles. The third-order valence-electron chi connectivity index (χ3n) is 2.17. The van der Waals surface area contributed by atoms with Crippen molar-refractivity contribution in [3.8, 4) is 0 Å². The molecule has 2 nitrogen and oxygen atoms in total. The minimum Gasteiger partial charge on any atom is -0.303 e. The summed E-state index contributed by atoms with van der Waals surface area (Å²) in [6.45, 7) is 2.60. The first-order valence-electron chi connectivity index (χ1n) is 4.44. The molecular formula is C9H16F3NO. The molecule has 0 aliphatic heterocycles. The van der Waals surface area contributed by atoms with E-state index in [9.17, 15) is 18.0 Å². The summed E-state index contributed by atoms with van der Waals surface area (Å²) in [5.74, 6) is 0. The van der Waals surface area contributed by atoms with Crippen LogP contribution in [-0.2, 0) is 4.79 Å². The summed E-state index contributed by atoms with van der Waals surface area (Å²) in [6.07, 6.45) is -2.94. The van der Waals surface area contributed by atoms with Crippen molar-refractivity contribution in [2.45, 2.75) is 26.4 Å². The zero-order chi connectivity index (χ0) is 11.4. The van der Waals surface area contributed by atoms with Gasteiger partial charge in [0, 0.05) is 12.0 Å². The SMILES string of the molecule is CCC(C)(C=O)CN(C)CC(F)(F)F. The summed E-state index contributed by atoms with van der Waals surface area (Å²) in [5.41, 5.74) is -0.681. The first-order chi connectivity index (χ1) is 6.22. The topological polar surface area (TPSA) is 20.3 Å². The van der Waals surface area contributed by atoms with Crippen LogP contribution in [0.4, 0.5) is 13.2 Å². The van der Waals surface area contributed by atoms with E-state index >= 15 is 0 Å². The Kier molecular flexibility index (Phi) is 4.58. The maximum atomic E-state index is 12.0. The highest BCUT2D eigenvalue weighted by Crippen LogP contribution is 2.22. The van der Waals surface area contributed by atoms with Crippen LogP contribution < -0.4 is 0 Å². The van der Waals surface area contributed by atoms with Crippen molar-refractivity contribution in [2.24, 2.45) is 5.41 Å². The second-order valence-corrected chi connectivity index (χ2v) is 3.91. The van der Waals surface area contributed by atoms with Crippen molar-refractivity contribution in [2.75, 3.05) is 20.1 Å². The average molecular weight is 211 g/mol. The fourth-order valence-electron chi connectivity index (χ4n) is 1.21. The summed E-state index contributed by atoms with van der Waals surface area (Å²) >= 11 is 0. The summed E-state index contributed by atoms with van der Waals surface area (Å²) in [6, 6.07) is 0. The highest BCUT2D eigenvalue weighted by molar-refractivity contribution is 5.58. The molecule has 0 heterocycles. The molecule has 0 radical (unpaired) electrons. The van der Waals surface area contributed by atoms with Crippen LogP contribution in [0, 0.1) is 5.41 Å². The van der Waals surface area contributed by atoms with Crippen LogP contribution in [-0.4, -0.2) is 37.5 Å². The second kappa shape index (κ2) is 4.77. The zero-order valence-corrected chi connectivity index (χ0v) is 8.69. The van der Waals surface area contributed by atoms with Gasteiger partial charge < -0.3 is 4.79 Å². The van der Waals surface area contributed by atoms with Crippen molar-refractivity contribution < 1.29 is 18.0 Å². The molecule has 0 spiro atoms. The highest BCUT2D eigenvalue weighted by atomic mass is 19.4. The van der Waals surface area contributed by atoms with Gasteiger partial charge in [-0.15, -0.1) is 0 Å². The Balaban J connectivity index is 4.17. The molecule has 0 amide bonds. The highest BCUT2D eigenvalue weighted by Gasteiger charge is 2.32. The maximum Gasteiger partial charge on any atom is 0.401 e. The Hall–Kier alpha value is -0.580. The largest absolute Gasteiger partial charge is 0.401 e. The standard InChI is InChI=1S/C9H16F3NO/c1-4-8(2,7-14)5-13(3)6-9(10,11)12/h7H,4-6H2,1-3H3. The van der Waals surface area contributed by atoms with E-state index in [4.69, 9.17) is 0 Å². The number of nitrogens with zero attached hydrogens (tertiary/aromatic N) is 1. The van der Waals surface area contributed by atoms with Gasteiger partial charge in [-0.1, -0.05) is 13.8 Å². The van der Waals surface area contributed by atoms with E-state index in [1.165, 1.54) is 7.05 Å². The van der Waals surface area contributed by atoms with Crippen molar-refractivity contribution in [1.82, 2.24) is 4.90 Å². The first kappa shape index (κ1) is 13.4. The van der Waals surface area contributed by atoms with E-state index in [1.807, 2.05) is 0 Å². The van der Waals surface area contributed by atoms with Crippen molar-refractivity contribution in [3.05, 3.63) is 0 Å². The normalized spacial score (nSPS) is 16.8. The molecule has 0 saturated carbocycles. The molecule has 0 fully saturated rings. The molecule has 0 bridgehead atoms. The van der Waals surface area contributed by atoms with Crippen LogP contribution in [0.15, 0.2) is 0 Å². The molecule has 14 heavy (non-hydrogen) atoms. The molecule has 84 valence electrons. The number of alkyl halides is 3. The van der Waals surface area contributed by atoms with Crippen LogP contribution in [0.3, 0.4) is 0 Å². The van der Waals surface area contributed by atoms with E-state index in [1.54, 1.807) is 13.8 Å². The molecule has 0 aliphatic carbocycles. The summed E-state index contributed by atoms with van der Waals surface area (Å²) in [7, 11) is 1.37. The first-order valence-corrected chi connectivity index (χ1v) is 4.44. The maximum absolute atomic E-state index is 12.0. The summed E-state index contributed by atoms with van der Waals surface area (Å²) in [5, 5.41) is 0. The lowest BCUT2D eigenvalue weighted by Gasteiger charge is -2.28. The molecular weight excluding hydrogens is 195 g/mol. The molecule has 0 aliphatic rings. The smallest absolute Gasteiger partial charge is 0.303 e. The van der Waals surface area contributed by atoms with Crippen molar-refractivity contribution >= 4 is 6.29 Å². The van der Waals surface area contributed by atoms with Crippen LogP contribution in [0.25, 0.3) is 0 Å². The second-order valence-electron chi connectivity index (χ2n) is 3.91. The van der Waals surface area contributed by atoms with Crippen molar-refractivity contribution in [3.63, 3.8) is 0 Å². The predicted octanol–water partition coefficient (Wildman–Crippen LogP) is 2.10. The van der Waals surface area contributed by atoms with E-state index in [0.717, 1.165) is 11.2 Å². The number of hydrogen-bond donors (Lipinski definition) is 0. The quantitative estimate of drug-likeness (QED) is 0.649. The van der Waals surface area contributed by atoms with Gasteiger partial charge in [0.05, 0.1) is 6.54 Å². The van der Waals surface area contributed by atoms with Gasteiger partial charge in [0.15, 0.2) is 0 Å². The number of carbonyl (C=O) groups excluding carboxylic acids is 1. The van der Waals surface area contributed by atoms with E-state index in [0.29, 0.717) is 6.42 Å². The molecule has 1 unspecified atom stereocenters. The number of aldehydes is 1. The number of rotatable bonds is 5. The van der Waals surface area contributed by atoms with Gasteiger partial charge in [0.2, 0.25) is 0 Å². The Labute approximate surface area is 82.1 Å². The van der Waals surface area contributed by atoms with Gasteiger partial charge in [-0.25, -0.2) is 0 Å². The van der Waals surface area contributed by atoms with Crippen LogP contribution in [0.5, 0.6) is 0 Å². The minimum absolute atomic E-state index is 0.131. The van der Waals surface area contributed by atoms with Gasteiger partial charge in [-0.3, -0.25) is 4.90 Å². The van der Waals surface area contributed by atoms with Gasteiger partial charge in [-0.2, -0.15) is 13.2 Å². The van der Waals surface area contributed by atoms with Gasteiger partial charge in [0.25, 0.3) is 0 Å². The molecule has 0 rings (SSSR count). The zero-order valence-electron chi connectivity index (χ0n) is 8.69. The monoisotopic (exact) mass is 211 g/mol. The van der Waals surface area contributed by atoms with E-state index < -0.39 is 18.1 Å². The van der Waals surface area contributed by atoms with Crippen LogP contribution >= 0.6 is 0 Å². The lowest BCUT2D eigenvalue weighted by Crippen LogP contribution is -2.39. The summed E-state index contributed by atoms with van der Waals surface area (Å²) in [4.78, 5) is 11.8. The molecule has 0 aromatic carbocycles. The Morgan fingerprint density at radius 1 is 1.29 bits per heavy atom. The molecule has 0 aromatic rings. The molecule has 5 heteroatoms. The Bertz CT molecular complexity index is 193. The number of halogens is 3. The summed E-state index contributed by atoms with van der Waals surface area (Å²) < 4.78 is 35.9. The third kappa shape index (κ3) is 5.21. The van der Waals surface area contributed by atoms with Gasteiger partial charge in [-0.05, 0) is 13.5 Å². The average Bonchev–Trinajstić information content (AvgIpc) is 2.00. The predicted molar refractivity (Wildman–Crippen MR) is 48.0 cm³/mol. The lowest BCUT2D eigenvalue weighted by atomic mass is 9.89. The Morgan fingerprint density at radius 3 is 2.07 bits per heavy atom. The Morgan fingerprint density at radius 2 is 1.79 bits per heavy atom. The van der Waals surface area contributed by atoms with Crippen LogP contribution in [0.2, 0.25) is 0 Å². The number of carbonyl (C=O) groups is 1. The minimum atomic E-state index is -4.20. The third-order valence-corrected chi connectivity index (χ3v) is 2.17. The van der Waals surface area contributed by atoms with Crippen molar-refractivity contribution in [1.29, 1.82) is 0 Å². The van der Waals surface area contributed by atoms with E-state index in [-0.39, 0.29) is 6.54 Å². The molecule has 1 atom stereocenters. The fraction of sp³-hybridized carbons (Fsp3) is 0.889. The lowest BCUT2D eigenvalue weighted by molar-refractivity contribution is -0.147. The van der Waals surface area contributed by atoms with Gasteiger partial charge >= 0.3 is 6.18 Å². The molecule has 0 N–H and O–H groups in total. The number of hydrogen-bond acceptors (Lipinski definition) is 2. The van der Waals surface area contributed by atoms with E-state index in [2.05, 4.69) is 0 Å². The molecule has 0 saturated heterocycles. The van der Waals surface area contributed by atoms with Crippen LogP contribution in [0.1, 0.15) is 20.3 Å². The fourth-order valence-corrected chi connectivity index (χ4v) is 1.21.